The van der Waals surface area contributed by atoms with E-state index in [9.17, 15) is 0 Å². The molecule has 13 aromatic rings. The minimum Gasteiger partial charge on any atom is -0.309 e. The van der Waals surface area contributed by atoms with Gasteiger partial charge in [0.2, 0.25) is 0 Å². The number of nitrogens with zero attached hydrogens (tertiary/aromatic N) is 2. The van der Waals surface area contributed by atoms with E-state index in [4.69, 9.17) is 4.98 Å². The molecule has 0 amide bonds. The van der Waals surface area contributed by atoms with Gasteiger partial charge in [0, 0.05) is 38.4 Å². The average Bonchev–Trinajstić information content (AvgIpc) is 3.71. The highest BCUT2D eigenvalue weighted by Crippen LogP contribution is 2.47. The van der Waals surface area contributed by atoms with Gasteiger partial charge in [-0.15, -0.1) is 0 Å². The van der Waals surface area contributed by atoms with Crippen LogP contribution in [0.1, 0.15) is 0 Å². The molecule has 0 saturated heterocycles. The number of aromatic nitrogens is 2. The van der Waals surface area contributed by atoms with E-state index in [1.165, 1.54) is 92.4 Å². The summed E-state index contributed by atoms with van der Waals surface area (Å²) in [6, 6.07) is 84.0. The smallest absolute Gasteiger partial charge is 0.0721 e. The zero-order chi connectivity index (χ0) is 41.4. The molecule has 0 atom stereocenters. The SMILES string of the molecule is c1ccc(-n2c3ccccc3c3c4c5ccccc5c(-c5ccc(-c6cc(-c7cccc8ccccc78)cc(-c7cccc8ccccc78)n6)cc5)cc4c4ccccc4c32)cc1. The van der Waals surface area contributed by atoms with Crippen molar-refractivity contribution in [2.24, 2.45) is 0 Å². The second kappa shape index (κ2) is 14.1. The molecule has 11 aromatic carbocycles. The summed E-state index contributed by atoms with van der Waals surface area (Å²) in [5, 5.41) is 14.9. The summed E-state index contributed by atoms with van der Waals surface area (Å²) >= 11 is 0. The van der Waals surface area contributed by atoms with Gasteiger partial charge in [-0.1, -0.05) is 194 Å². The minimum absolute atomic E-state index is 0.946. The Morgan fingerprint density at radius 1 is 0.286 bits per heavy atom. The van der Waals surface area contributed by atoms with Crippen molar-refractivity contribution in [2.75, 3.05) is 0 Å². The molecule has 0 N–H and O–H groups in total. The van der Waals surface area contributed by atoms with Gasteiger partial charge in [-0.3, -0.25) is 0 Å². The Hall–Kier alpha value is -8.33. The fraction of sp³-hybridized carbons (Fsp3) is 0. The molecule has 0 aliphatic carbocycles. The molecule has 2 heteroatoms. The van der Waals surface area contributed by atoms with E-state index in [1.807, 2.05) is 0 Å². The van der Waals surface area contributed by atoms with Crippen molar-refractivity contribution in [3.05, 3.63) is 231 Å². The molecule has 63 heavy (non-hydrogen) atoms. The van der Waals surface area contributed by atoms with Crippen LogP contribution >= 0.6 is 0 Å². The molecule has 0 unspecified atom stereocenters. The molecule has 0 bridgehead atoms. The van der Waals surface area contributed by atoms with Crippen LogP contribution in [0.5, 0.6) is 0 Å². The monoisotopic (exact) mass is 798 g/mol. The molecule has 0 aliphatic heterocycles. The fourth-order valence-corrected chi connectivity index (χ4v) is 10.3. The van der Waals surface area contributed by atoms with Gasteiger partial charge in [-0.05, 0) is 102 Å². The zero-order valence-electron chi connectivity index (χ0n) is 34.3. The average molecular weight is 799 g/mol. The molecule has 292 valence electrons. The number of pyridine rings is 1. The van der Waals surface area contributed by atoms with Crippen LogP contribution in [0.3, 0.4) is 0 Å². The van der Waals surface area contributed by atoms with Crippen LogP contribution in [0.15, 0.2) is 231 Å². The number of hydrogen-bond acceptors (Lipinski definition) is 1. The van der Waals surface area contributed by atoms with E-state index >= 15 is 0 Å². The van der Waals surface area contributed by atoms with Crippen molar-refractivity contribution in [1.29, 1.82) is 0 Å². The number of benzene rings is 11. The predicted octanol–water partition coefficient (Wildman–Crippen LogP) is 16.6. The highest BCUT2D eigenvalue weighted by molar-refractivity contribution is 6.38. The van der Waals surface area contributed by atoms with E-state index in [2.05, 4.69) is 235 Å². The van der Waals surface area contributed by atoms with Gasteiger partial charge in [0.05, 0.1) is 22.4 Å². The molecule has 13 rings (SSSR count). The van der Waals surface area contributed by atoms with Crippen molar-refractivity contribution in [3.63, 3.8) is 0 Å². The van der Waals surface area contributed by atoms with Crippen LogP contribution < -0.4 is 0 Å². The van der Waals surface area contributed by atoms with Gasteiger partial charge in [-0.25, -0.2) is 4.98 Å². The topological polar surface area (TPSA) is 17.8 Å². The summed E-state index contributed by atoms with van der Waals surface area (Å²) in [7, 11) is 0. The van der Waals surface area contributed by atoms with Crippen molar-refractivity contribution in [1.82, 2.24) is 9.55 Å². The third-order valence-electron chi connectivity index (χ3n) is 13.1. The third kappa shape index (κ3) is 5.55. The summed E-state index contributed by atoms with van der Waals surface area (Å²) in [6.45, 7) is 0. The Labute approximate surface area is 364 Å². The summed E-state index contributed by atoms with van der Waals surface area (Å²) in [4.78, 5) is 5.43. The number of fused-ring (bicyclic) bond motifs is 12. The Bertz CT molecular complexity index is 3840. The number of para-hydroxylation sites is 2. The van der Waals surface area contributed by atoms with Crippen LogP contribution in [0, 0.1) is 0 Å². The Balaban J connectivity index is 1.03. The fourth-order valence-electron chi connectivity index (χ4n) is 10.3. The molecular formula is C61H38N2. The standard InChI is InChI=1S/C61H38N2/c1-2-20-44(21-3-1)63-58-31-13-12-28-53(58)60-59-51-26-10-8-24-48(51)54(38-55(59)49-25-9-11-27-52(49)61(60)63)41-32-34-42(35-33-41)56-36-43(47-29-14-18-39-16-4-6-22-45(39)47)37-57(62-56)50-30-15-19-40-17-5-7-23-46(40)50/h1-38H. The lowest BCUT2D eigenvalue weighted by molar-refractivity contribution is 1.19. The highest BCUT2D eigenvalue weighted by atomic mass is 15.0. The largest absolute Gasteiger partial charge is 0.309 e. The molecule has 2 nitrogen and oxygen atoms in total. The molecule has 0 fully saturated rings. The zero-order valence-corrected chi connectivity index (χ0v) is 34.3. The van der Waals surface area contributed by atoms with E-state index < -0.39 is 0 Å². The lowest BCUT2D eigenvalue weighted by atomic mass is 9.88. The highest BCUT2D eigenvalue weighted by Gasteiger charge is 2.22. The maximum Gasteiger partial charge on any atom is 0.0721 e. The number of rotatable bonds is 5. The van der Waals surface area contributed by atoms with Crippen LogP contribution in [0.25, 0.3) is 126 Å². The maximum atomic E-state index is 5.43. The normalized spacial score (nSPS) is 11.8. The molecule has 0 radical (unpaired) electrons. The first-order valence-corrected chi connectivity index (χ1v) is 21.7. The van der Waals surface area contributed by atoms with Crippen LogP contribution in [-0.2, 0) is 0 Å². The van der Waals surface area contributed by atoms with E-state index in [1.54, 1.807) is 0 Å². The molecular weight excluding hydrogens is 761 g/mol. The van der Waals surface area contributed by atoms with Gasteiger partial charge < -0.3 is 4.57 Å². The second-order valence-corrected chi connectivity index (χ2v) is 16.6. The molecule has 0 aliphatic rings. The quantitative estimate of drug-likeness (QED) is 0.159. The summed E-state index contributed by atoms with van der Waals surface area (Å²) in [6.07, 6.45) is 0. The lowest BCUT2D eigenvalue weighted by Crippen LogP contribution is -1.95. The summed E-state index contributed by atoms with van der Waals surface area (Å²) < 4.78 is 2.46. The predicted molar refractivity (Wildman–Crippen MR) is 268 cm³/mol. The van der Waals surface area contributed by atoms with Crippen molar-refractivity contribution in [2.45, 2.75) is 0 Å². The van der Waals surface area contributed by atoms with Gasteiger partial charge in [-0.2, -0.15) is 0 Å². The van der Waals surface area contributed by atoms with E-state index in [0.717, 1.165) is 33.8 Å². The first-order valence-electron chi connectivity index (χ1n) is 21.7. The Morgan fingerprint density at radius 3 is 1.57 bits per heavy atom. The molecule has 2 aromatic heterocycles. The molecule has 0 saturated carbocycles. The first-order chi connectivity index (χ1) is 31.3. The van der Waals surface area contributed by atoms with Crippen molar-refractivity contribution < 1.29 is 0 Å². The molecule has 0 spiro atoms. The minimum atomic E-state index is 0.946. The van der Waals surface area contributed by atoms with Gasteiger partial charge in [0.15, 0.2) is 0 Å². The maximum absolute atomic E-state index is 5.43. The van der Waals surface area contributed by atoms with Gasteiger partial charge >= 0.3 is 0 Å². The molecule has 2 heterocycles. The second-order valence-electron chi connectivity index (χ2n) is 16.6. The Kier molecular flexibility index (Phi) is 7.94. The van der Waals surface area contributed by atoms with Crippen LogP contribution in [0.2, 0.25) is 0 Å². The van der Waals surface area contributed by atoms with Crippen LogP contribution in [0.4, 0.5) is 0 Å². The van der Waals surface area contributed by atoms with Crippen molar-refractivity contribution in [3.8, 4) is 50.5 Å². The third-order valence-corrected chi connectivity index (χ3v) is 13.1. The van der Waals surface area contributed by atoms with E-state index in [0.29, 0.717) is 0 Å². The summed E-state index contributed by atoms with van der Waals surface area (Å²) in [5.41, 5.74) is 12.5. The first kappa shape index (κ1) is 35.4. The lowest BCUT2D eigenvalue weighted by Gasteiger charge is -2.16. The number of hydrogen-bond donors (Lipinski definition) is 0. The summed E-state index contributed by atoms with van der Waals surface area (Å²) in [5.74, 6) is 0. The van der Waals surface area contributed by atoms with Crippen LogP contribution in [-0.4, -0.2) is 9.55 Å². The Morgan fingerprint density at radius 2 is 0.825 bits per heavy atom. The van der Waals surface area contributed by atoms with Gasteiger partial charge in [0.25, 0.3) is 0 Å². The van der Waals surface area contributed by atoms with Gasteiger partial charge in [0.1, 0.15) is 0 Å². The van der Waals surface area contributed by atoms with Crippen molar-refractivity contribution >= 4 is 75.7 Å². The van der Waals surface area contributed by atoms with E-state index in [-0.39, 0.29) is 0 Å².